The molecule has 3 rings (SSSR count). The van der Waals surface area contributed by atoms with E-state index in [2.05, 4.69) is 5.32 Å². The maximum atomic E-state index is 9.67. The van der Waals surface area contributed by atoms with Crippen molar-refractivity contribution < 1.29 is 10.2 Å². The molecule has 0 amide bonds. The molecule has 0 unspecified atom stereocenters. The van der Waals surface area contributed by atoms with Crippen molar-refractivity contribution in [1.82, 2.24) is 0 Å². The average Bonchev–Trinajstić information content (AvgIpc) is 2.64. The zero-order chi connectivity index (χ0) is 18.5. The first kappa shape index (κ1) is 18.5. The van der Waals surface area contributed by atoms with Crippen LogP contribution in [0.2, 0.25) is 5.02 Å². The molecule has 26 heavy (non-hydrogen) atoms. The lowest BCUT2D eigenvalue weighted by atomic mass is 10.1. The minimum absolute atomic E-state index is 0.0842. The number of phenols is 1. The maximum absolute atomic E-state index is 9.67. The summed E-state index contributed by atoms with van der Waals surface area (Å²) in [5.41, 5.74) is 9.01. The molecule has 0 heterocycles. The summed E-state index contributed by atoms with van der Waals surface area (Å²) in [6, 6.07) is 18.6. The van der Waals surface area contributed by atoms with Gasteiger partial charge in [0.2, 0.25) is 0 Å². The highest BCUT2D eigenvalue weighted by atomic mass is 35.5. The summed E-state index contributed by atoms with van der Waals surface area (Å²) in [7, 11) is 0. The maximum Gasteiger partial charge on any atom is 0.121 e. The highest BCUT2D eigenvalue weighted by Gasteiger charge is 2.07. The summed E-state index contributed by atoms with van der Waals surface area (Å²) in [5.74, 6) is 0.0842. The van der Waals surface area contributed by atoms with Crippen LogP contribution in [0, 0.1) is 0 Å². The number of nitrogens with one attached hydrogen (secondary N) is 1. The molecule has 3 aromatic rings. The molecule has 0 aromatic heterocycles. The van der Waals surface area contributed by atoms with Crippen molar-refractivity contribution in [2.75, 3.05) is 11.1 Å². The lowest BCUT2D eigenvalue weighted by Crippen LogP contribution is -2.02. The van der Waals surface area contributed by atoms with Crippen molar-refractivity contribution in [3.8, 4) is 5.75 Å². The largest absolute Gasteiger partial charge is 0.508 e. The number of aliphatic hydroxyl groups excluding tert-OH is 1. The molecule has 4 nitrogen and oxygen atoms in total. The Labute approximate surface area is 161 Å². The molecule has 0 aliphatic carbocycles. The molecule has 3 aromatic carbocycles. The Morgan fingerprint density at radius 1 is 0.962 bits per heavy atom. The van der Waals surface area contributed by atoms with Gasteiger partial charge in [-0.15, -0.1) is 0 Å². The number of aromatic hydroxyl groups is 1. The van der Waals surface area contributed by atoms with Gasteiger partial charge >= 0.3 is 0 Å². The second-order valence-corrected chi connectivity index (χ2v) is 7.33. The van der Waals surface area contributed by atoms with Crippen LogP contribution in [-0.2, 0) is 13.2 Å². The van der Waals surface area contributed by atoms with Gasteiger partial charge < -0.3 is 21.3 Å². The summed E-state index contributed by atoms with van der Waals surface area (Å²) >= 11 is 7.59. The minimum atomic E-state index is -0.211. The van der Waals surface area contributed by atoms with Crippen LogP contribution in [0.5, 0.6) is 5.75 Å². The zero-order valence-corrected chi connectivity index (χ0v) is 15.5. The Morgan fingerprint density at radius 2 is 1.73 bits per heavy atom. The number of halogens is 1. The number of nitrogens with two attached hydrogens (primary N) is 1. The van der Waals surface area contributed by atoms with Gasteiger partial charge in [-0.3, -0.25) is 0 Å². The normalized spacial score (nSPS) is 10.7. The van der Waals surface area contributed by atoms with Gasteiger partial charge in [-0.05, 0) is 66.2 Å². The van der Waals surface area contributed by atoms with Gasteiger partial charge in [0.1, 0.15) is 5.75 Å². The van der Waals surface area contributed by atoms with Crippen molar-refractivity contribution >= 4 is 34.7 Å². The molecule has 0 aliphatic heterocycles. The smallest absolute Gasteiger partial charge is 0.121 e. The third kappa shape index (κ3) is 4.64. The Morgan fingerprint density at radius 3 is 2.46 bits per heavy atom. The molecule has 0 atom stereocenters. The summed E-state index contributed by atoms with van der Waals surface area (Å²) < 4.78 is 0. The zero-order valence-electron chi connectivity index (χ0n) is 13.9. The number of hydrogen-bond acceptors (Lipinski definition) is 5. The molecule has 0 radical (unpaired) electrons. The molecule has 5 N–H and O–H groups in total. The second-order valence-electron chi connectivity index (χ2n) is 5.78. The van der Waals surface area contributed by atoms with Crippen LogP contribution in [-0.4, -0.2) is 10.2 Å². The number of rotatable bonds is 6. The standard InChI is InChI=1S/C20H19ClN2O2S/c21-15-1-5-18(6-2-15)26-20-8-3-16(22)9-13(20)11-23-17-4-7-19(25)14(10-17)12-24/h1-10,23-25H,11-12,22H2. The molecule has 134 valence electrons. The van der Waals surface area contributed by atoms with E-state index in [4.69, 9.17) is 17.3 Å². The lowest BCUT2D eigenvalue weighted by molar-refractivity contribution is 0.275. The number of hydrogen-bond donors (Lipinski definition) is 4. The molecule has 6 heteroatoms. The topological polar surface area (TPSA) is 78.5 Å². The van der Waals surface area contributed by atoms with E-state index < -0.39 is 0 Å². The van der Waals surface area contributed by atoms with Crippen molar-refractivity contribution in [2.24, 2.45) is 0 Å². The van der Waals surface area contributed by atoms with Crippen molar-refractivity contribution in [3.05, 3.63) is 76.8 Å². The second kappa shape index (κ2) is 8.36. The van der Waals surface area contributed by atoms with E-state index in [0.29, 0.717) is 22.8 Å². The van der Waals surface area contributed by atoms with E-state index >= 15 is 0 Å². The van der Waals surface area contributed by atoms with Gasteiger partial charge in [0.05, 0.1) is 6.61 Å². The van der Waals surface area contributed by atoms with Gasteiger partial charge in [0, 0.05) is 38.3 Å². The summed E-state index contributed by atoms with van der Waals surface area (Å²) in [5, 5.41) is 23.0. The third-order valence-corrected chi connectivity index (χ3v) is 5.24. The molecular formula is C20H19ClN2O2S. The van der Waals surface area contributed by atoms with Crippen LogP contribution in [0.15, 0.2) is 70.5 Å². The lowest BCUT2D eigenvalue weighted by Gasteiger charge is -2.13. The molecule has 0 bridgehead atoms. The minimum Gasteiger partial charge on any atom is -0.508 e. The number of benzene rings is 3. The van der Waals surface area contributed by atoms with E-state index in [1.807, 2.05) is 42.5 Å². The number of nitrogen functional groups attached to an aromatic ring is 1. The highest BCUT2D eigenvalue weighted by molar-refractivity contribution is 7.99. The van der Waals surface area contributed by atoms with Crippen LogP contribution in [0.4, 0.5) is 11.4 Å². The van der Waals surface area contributed by atoms with Gasteiger partial charge in [-0.1, -0.05) is 23.4 Å². The fraction of sp³-hybridized carbons (Fsp3) is 0.100. The fourth-order valence-electron chi connectivity index (χ4n) is 2.49. The SMILES string of the molecule is Nc1ccc(Sc2ccc(Cl)cc2)c(CNc2ccc(O)c(CO)c2)c1. The van der Waals surface area contributed by atoms with Gasteiger partial charge in [0.25, 0.3) is 0 Å². The molecular weight excluding hydrogens is 368 g/mol. The quantitative estimate of drug-likeness (QED) is 0.358. The van der Waals surface area contributed by atoms with E-state index in [0.717, 1.165) is 21.0 Å². The van der Waals surface area contributed by atoms with E-state index in [-0.39, 0.29) is 12.4 Å². The summed E-state index contributed by atoms with van der Waals surface area (Å²) in [6.45, 7) is 0.355. The van der Waals surface area contributed by atoms with Crippen molar-refractivity contribution in [3.63, 3.8) is 0 Å². The van der Waals surface area contributed by atoms with Gasteiger partial charge in [0.15, 0.2) is 0 Å². The average molecular weight is 387 g/mol. The van der Waals surface area contributed by atoms with Crippen molar-refractivity contribution in [2.45, 2.75) is 22.9 Å². The van der Waals surface area contributed by atoms with Gasteiger partial charge in [-0.2, -0.15) is 0 Å². The Bertz CT molecular complexity index is 901. The van der Waals surface area contributed by atoms with Crippen LogP contribution in [0.1, 0.15) is 11.1 Å². The van der Waals surface area contributed by atoms with Gasteiger partial charge in [-0.25, -0.2) is 0 Å². The van der Waals surface area contributed by atoms with Crippen LogP contribution < -0.4 is 11.1 Å². The predicted octanol–water partition coefficient (Wildman–Crippen LogP) is 4.88. The molecule has 0 fully saturated rings. The van der Waals surface area contributed by atoms with Crippen LogP contribution in [0.25, 0.3) is 0 Å². The monoisotopic (exact) mass is 386 g/mol. The molecule has 0 saturated carbocycles. The Kier molecular flexibility index (Phi) is 5.93. The van der Waals surface area contributed by atoms with E-state index in [1.165, 1.54) is 0 Å². The Balaban J connectivity index is 1.78. The van der Waals surface area contributed by atoms with Crippen molar-refractivity contribution in [1.29, 1.82) is 0 Å². The van der Waals surface area contributed by atoms with E-state index in [1.54, 1.807) is 30.0 Å². The predicted molar refractivity (Wildman–Crippen MR) is 108 cm³/mol. The summed E-state index contributed by atoms with van der Waals surface area (Å²) in [6.07, 6.45) is 0. The first-order valence-electron chi connectivity index (χ1n) is 8.03. The number of aliphatic hydroxyl groups is 1. The fourth-order valence-corrected chi connectivity index (χ4v) is 3.54. The third-order valence-electron chi connectivity index (χ3n) is 3.86. The first-order valence-corrected chi connectivity index (χ1v) is 9.23. The molecule has 0 aliphatic rings. The summed E-state index contributed by atoms with van der Waals surface area (Å²) in [4.78, 5) is 2.18. The van der Waals surface area contributed by atoms with Crippen LogP contribution in [0.3, 0.4) is 0 Å². The first-order chi connectivity index (χ1) is 12.5. The Hall–Kier alpha value is -2.34. The van der Waals surface area contributed by atoms with E-state index in [9.17, 15) is 10.2 Å². The highest BCUT2D eigenvalue weighted by Crippen LogP contribution is 2.33. The van der Waals surface area contributed by atoms with Crippen LogP contribution >= 0.6 is 23.4 Å². The molecule has 0 spiro atoms. The molecule has 0 saturated heterocycles. The number of anilines is 2.